The molecule has 0 atom stereocenters. The molecule has 0 aliphatic carbocycles. The van der Waals surface area contributed by atoms with Gasteiger partial charge in [0.25, 0.3) is 0 Å². The third kappa shape index (κ3) is 1.68. The zero-order valence-electron chi connectivity index (χ0n) is 6.80. The van der Waals surface area contributed by atoms with Gasteiger partial charge in [0, 0.05) is 0 Å². The molecule has 14 heavy (non-hydrogen) atoms. The Balaban J connectivity index is 2.31. The van der Waals surface area contributed by atoms with Gasteiger partial charge in [-0.2, -0.15) is 0 Å². The predicted octanol–water partition coefficient (Wildman–Crippen LogP) is 2.31. The van der Waals surface area contributed by atoms with Gasteiger partial charge in [0.1, 0.15) is 0 Å². The van der Waals surface area contributed by atoms with Crippen LogP contribution >= 0.6 is 0 Å². The van der Waals surface area contributed by atoms with E-state index < -0.39 is 6.36 Å². The number of hydrogen-bond acceptors (Lipinski definition) is 3. The highest BCUT2D eigenvalue weighted by atomic mass is 19.4. The van der Waals surface area contributed by atoms with Crippen molar-refractivity contribution in [3.8, 4) is 17.2 Å². The topological polar surface area (TPSA) is 27.7 Å². The van der Waals surface area contributed by atoms with E-state index in [-0.39, 0.29) is 24.0 Å². The van der Waals surface area contributed by atoms with E-state index in [1.165, 1.54) is 18.2 Å². The van der Waals surface area contributed by atoms with E-state index in [0.29, 0.717) is 0 Å². The molecule has 1 heterocycles. The van der Waals surface area contributed by atoms with Crippen molar-refractivity contribution in [2.75, 3.05) is 6.79 Å². The Morgan fingerprint density at radius 2 is 2.00 bits per heavy atom. The van der Waals surface area contributed by atoms with Crippen molar-refractivity contribution in [3.05, 3.63) is 18.2 Å². The fourth-order valence-electron chi connectivity index (χ4n) is 1.11. The standard InChI is InChI=1S/C8H5F3O3/c9-8(10,11)14-6-3-1-2-5-7(6)13-4-12-5/h1-3H,4H2. The maximum atomic E-state index is 11.9. The van der Waals surface area contributed by atoms with Gasteiger partial charge in [-0.25, -0.2) is 0 Å². The van der Waals surface area contributed by atoms with E-state index in [4.69, 9.17) is 9.47 Å². The lowest BCUT2D eigenvalue weighted by Crippen LogP contribution is -2.17. The maximum Gasteiger partial charge on any atom is 0.573 e. The molecule has 0 N–H and O–H groups in total. The zero-order valence-corrected chi connectivity index (χ0v) is 6.80. The van der Waals surface area contributed by atoms with Gasteiger partial charge in [-0.1, -0.05) is 6.07 Å². The van der Waals surface area contributed by atoms with Crippen molar-refractivity contribution >= 4 is 0 Å². The lowest BCUT2D eigenvalue weighted by molar-refractivity contribution is -0.275. The van der Waals surface area contributed by atoms with Crippen molar-refractivity contribution < 1.29 is 27.4 Å². The molecule has 2 rings (SSSR count). The lowest BCUT2D eigenvalue weighted by Gasteiger charge is -2.10. The predicted molar refractivity (Wildman–Crippen MR) is 39.2 cm³/mol. The average Bonchev–Trinajstić information content (AvgIpc) is 2.49. The van der Waals surface area contributed by atoms with Crippen LogP contribution in [0, 0.1) is 0 Å². The second-order valence-electron chi connectivity index (χ2n) is 2.54. The quantitative estimate of drug-likeness (QED) is 0.705. The van der Waals surface area contributed by atoms with Gasteiger partial charge >= 0.3 is 6.36 Å². The van der Waals surface area contributed by atoms with Crippen LogP contribution in [0.1, 0.15) is 0 Å². The van der Waals surface area contributed by atoms with E-state index in [2.05, 4.69) is 4.74 Å². The van der Waals surface area contributed by atoms with Crippen LogP contribution in [0.4, 0.5) is 13.2 Å². The van der Waals surface area contributed by atoms with Crippen molar-refractivity contribution in [1.82, 2.24) is 0 Å². The summed E-state index contributed by atoms with van der Waals surface area (Å²) in [6, 6.07) is 4.07. The summed E-state index contributed by atoms with van der Waals surface area (Å²) in [5, 5.41) is 0. The van der Waals surface area contributed by atoms with E-state index >= 15 is 0 Å². The van der Waals surface area contributed by atoms with Gasteiger partial charge < -0.3 is 14.2 Å². The first-order chi connectivity index (χ1) is 6.56. The van der Waals surface area contributed by atoms with Crippen LogP contribution in [0.25, 0.3) is 0 Å². The third-order valence-corrected chi connectivity index (χ3v) is 1.59. The molecule has 0 saturated heterocycles. The molecule has 0 bridgehead atoms. The van der Waals surface area contributed by atoms with E-state index in [1.807, 2.05) is 0 Å². The summed E-state index contributed by atoms with van der Waals surface area (Å²) in [5.41, 5.74) is 0. The molecule has 1 aliphatic heterocycles. The van der Waals surface area contributed by atoms with Gasteiger partial charge in [-0.05, 0) is 12.1 Å². The Morgan fingerprint density at radius 3 is 2.71 bits per heavy atom. The fourth-order valence-corrected chi connectivity index (χ4v) is 1.11. The van der Waals surface area contributed by atoms with Gasteiger partial charge in [0.2, 0.25) is 12.5 Å². The molecule has 0 spiro atoms. The molecule has 6 heteroatoms. The van der Waals surface area contributed by atoms with E-state index in [9.17, 15) is 13.2 Å². The zero-order chi connectivity index (χ0) is 10.2. The molecule has 0 aromatic heterocycles. The van der Waals surface area contributed by atoms with E-state index in [1.54, 1.807) is 0 Å². The fraction of sp³-hybridized carbons (Fsp3) is 0.250. The number of rotatable bonds is 1. The van der Waals surface area contributed by atoms with Gasteiger partial charge in [0.05, 0.1) is 0 Å². The molecular weight excluding hydrogens is 201 g/mol. The van der Waals surface area contributed by atoms with Gasteiger partial charge in [0.15, 0.2) is 11.5 Å². The first-order valence-corrected chi connectivity index (χ1v) is 3.70. The monoisotopic (exact) mass is 206 g/mol. The molecule has 0 saturated carbocycles. The maximum absolute atomic E-state index is 11.9. The minimum atomic E-state index is -4.72. The second-order valence-corrected chi connectivity index (χ2v) is 2.54. The second kappa shape index (κ2) is 2.97. The smallest absolute Gasteiger partial charge is 0.453 e. The highest BCUT2D eigenvalue weighted by molar-refractivity contribution is 5.52. The number of halogens is 3. The first-order valence-electron chi connectivity index (χ1n) is 3.70. The van der Waals surface area contributed by atoms with Crippen LogP contribution in [0.15, 0.2) is 18.2 Å². The van der Waals surface area contributed by atoms with Crippen molar-refractivity contribution in [3.63, 3.8) is 0 Å². The Hall–Kier alpha value is -1.59. The van der Waals surface area contributed by atoms with Crippen LogP contribution in [-0.2, 0) is 0 Å². The molecule has 0 fully saturated rings. The van der Waals surface area contributed by atoms with Crippen LogP contribution in [0.3, 0.4) is 0 Å². The molecule has 0 radical (unpaired) electrons. The van der Waals surface area contributed by atoms with Gasteiger partial charge in [-0.15, -0.1) is 13.2 Å². The largest absolute Gasteiger partial charge is 0.573 e. The average molecular weight is 206 g/mol. The minimum Gasteiger partial charge on any atom is -0.453 e. The third-order valence-electron chi connectivity index (χ3n) is 1.59. The molecule has 76 valence electrons. The van der Waals surface area contributed by atoms with Crippen molar-refractivity contribution in [2.45, 2.75) is 6.36 Å². The summed E-state index contributed by atoms with van der Waals surface area (Å²) in [6.45, 7) is -0.0897. The van der Waals surface area contributed by atoms with E-state index in [0.717, 1.165) is 0 Å². The number of alkyl halides is 3. The SMILES string of the molecule is FC(F)(F)Oc1cccc2c1OCO2. The summed E-state index contributed by atoms with van der Waals surface area (Å²) in [5.74, 6) is -0.135. The Labute approximate surface area is 77.0 Å². The summed E-state index contributed by atoms with van der Waals surface area (Å²) in [4.78, 5) is 0. The first kappa shape index (κ1) is 8.98. The summed E-state index contributed by atoms with van der Waals surface area (Å²) in [7, 11) is 0. The molecule has 0 amide bonds. The number of para-hydroxylation sites is 1. The number of fused-ring (bicyclic) bond motifs is 1. The Kier molecular flexibility index (Phi) is 1.90. The van der Waals surface area contributed by atoms with Crippen molar-refractivity contribution in [1.29, 1.82) is 0 Å². The molecule has 0 unspecified atom stereocenters. The van der Waals surface area contributed by atoms with Gasteiger partial charge in [-0.3, -0.25) is 0 Å². The molecule has 3 nitrogen and oxygen atoms in total. The van der Waals surface area contributed by atoms with Crippen LogP contribution in [-0.4, -0.2) is 13.2 Å². The normalized spacial score (nSPS) is 14.2. The summed E-state index contributed by atoms with van der Waals surface area (Å²) >= 11 is 0. The number of benzene rings is 1. The summed E-state index contributed by atoms with van der Waals surface area (Å²) < 4.78 is 49.1. The summed E-state index contributed by atoms with van der Waals surface area (Å²) in [6.07, 6.45) is -4.72. The highest BCUT2D eigenvalue weighted by Crippen LogP contribution is 2.42. The van der Waals surface area contributed by atoms with Crippen LogP contribution < -0.4 is 14.2 Å². The molecule has 1 aromatic carbocycles. The van der Waals surface area contributed by atoms with Crippen LogP contribution in [0.2, 0.25) is 0 Å². The number of ether oxygens (including phenoxy) is 3. The lowest BCUT2D eigenvalue weighted by atomic mass is 10.3. The molecular formula is C8H5F3O3. The molecule has 1 aromatic rings. The van der Waals surface area contributed by atoms with Crippen molar-refractivity contribution in [2.24, 2.45) is 0 Å². The Bertz CT molecular complexity index is 348. The van der Waals surface area contributed by atoms with Crippen LogP contribution in [0.5, 0.6) is 17.2 Å². The highest BCUT2D eigenvalue weighted by Gasteiger charge is 2.34. The molecule has 1 aliphatic rings. The number of hydrogen-bond donors (Lipinski definition) is 0. The minimum absolute atomic E-state index is 0.00942. The Morgan fingerprint density at radius 1 is 1.21 bits per heavy atom.